The number of benzene rings is 2. The quantitative estimate of drug-likeness (QED) is 0.518. The van der Waals surface area contributed by atoms with Crippen LogP contribution < -0.4 is 0 Å². The van der Waals surface area contributed by atoms with Gasteiger partial charge in [-0.3, -0.25) is 9.59 Å². The summed E-state index contributed by atoms with van der Waals surface area (Å²) in [6.07, 6.45) is -0.203. The molecule has 10 nitrogen and oxygen atoms in total. The van der Waals surface area contributed by atoms with E-state index in [0.717, 1.165) is 11.1 Å². The van der Waals surface area contributed by atoms with Crippen molar-refractivity contribution in [2.24, 2.45) is 0 Å². The van der Waals surface area contributed by atoms with E-state index in [4.69, 9.17) is 19.4 Å². The number of carbonyl (C=O) groups is 4. The van der Waals surface area contributed by atoms with Crippen LogP contribution in [-0.4, -0.2) is 46.4 Å². The number of hydrogen-bond donors (Lipinski definition) is 0. The van der Waals surface area contributed by atoms with Gasteiger partial charge in [-0.1, -0.05) is 24.3 Å². The molecule has 188 valence electrons. The summed E-state index contributed by atoms with van der Waals surface area (Å²) in [5.41, 5.74) is 2.39. The van der Waals surface area contributed by atoms with Crippen molar-refractivity contribution in [3.05, 3.63) is 70.8 Å². The average Bonchev–Trinajstić information content (AvgIpc) is 2.77. The van der Waals surface area contributed by atoms with Crippen LogP contribution in [0.1, 0.15) is 73.4 Å². The van der Waals surface area contributed by atoms with Crippen molar-refractivity contribution < 1.29 is 38.5 Å². The Morgan fingerprint density at radius 3 is 1.20 bits per heavy atom. The molecule has 0 aliphatic rings. The van der Waals surface area contributed by atoms with Crippen molar-refractivity contribution in [2.45, 2.75) is 60.2 Å². The zero-order valence-corrected chi connectivity index (χ0v) is 20.6. The van der Waals surface area contributed by atoms with Gasteiger partial charge >= 0.3 is 23.8 Å². The summed E-state index contributed by atoms with van der Waals surface area (Å²) in [6, 6.07) is 13.5. The third-order valence-corrected chi connectivity index (χ3v) is 4.18. The van der Waals surface area contributed by atoms with Gasteiger partial charge in [0, 0.05) is 25.0 Å². The lowest BCUT2D eigenvalue weighted by molar-refractivity contribution is -0.321. The van der Waals surface area contributed by atoms with Gasteiger partial charge in [-0.25, -0.2) is 19.3 Å². The van der Waals surface area contributed by atoms with Crippen LogP contribution in [0.15, 0.2) is 48.5 Å². The van der Waals surface area contributed by atoms with Crippen LogP contribution in [-0.2, 0) is 35.4 Å². The van der Waals surface area contributed by atoms with E-state index in [1.54, 1.807) is 76.2 Å². The first-order valence-electron chi connectivity index (χ1n) is 11.0. The van der Waals surface area contributed by atoms with Crippen LogP contribution in [0.2, 0.25) is 0 Å². The molecule has 0 saturated heterocycles. The van der Waals surface area contributed by atoms with Gasteiger partial charge in [-0.2, -0.15) is 0 Å². The van der Waals surface area contributed by atoms with E-state index in [9.17, 15) is 19.2 Å². The van der Waals surface area contributed by atoms with Gasteiger partial charge in [0.1, 0.15) is 0 Å². The summed E-state index contributed by atoms with van der Waals surface area (Å²) >= 11 is 0. The van der Waals surface area contributed by atoms with E-state index < -0.39 is 23.8 Å². The molecule has 0 atom stereocenters. The fourth-order valence-corrected chi connectivity index (χ4v) is 2.82. The molecule has 0 unspecified atom stereocenters. The molecular formula is C25H30N2O8. The highest BCUT2D eigenvalue weighted by molar-refractivity contribution is 5.94. The first kappa shape index (κ1) is 27.5. The minimum absolute atomic E-state index is 0.285. The number of hydroxylamine groups is 4. The smallest absolute Gasteiger partial charge is 0.312 e. The fourth-order valence-electron chi connectivity index (χ4n) is 2.82. The van der Waals surface area contributed by atoms with Crippen molar-refractivity contribution in [1.29, 1.82) is 0 Å². The molecule has 2 aromatic carbocycles. The van der Waals surface area contributed by atoms with Crippen LogP contribution in [0.5, 0.6) is 0 Å². The van der Waals surface area contributed by atoms with Gasteiger partial charge < -0.3 is 9.68 Å². The van der Waals surface area contributed by atoms with Crippen molar-refractivity contribution in [3.8, 4) is 0 Å². The van der Waals surface area contributed by atoms with Crippen LogP contribution in [0.4, 0.5) is 0 Å². The Kier molecular flexibility index (Phi) is 9.92. The SMILES string of the molecule is CC(=O)ON(OC(C)C)C(=O)c1ccc(Cc2ccc(C(=O)N(OC(C)=O)OC(C)C)cc2)cc1. The van der Waals surface area contributed by atoms with Crippen molar-refractivity contribution in [3.63, 3.8) is 0 Å². The third kappa shape index (κ3) is 8.84. The van der Waals surface area contributed by atoms with Gasteiger partial charge in [0.2, 0.25) is 0 Å². The lowest BCUT2D eigenvalue weighted by Crippen LogP contribution is -2.35. The van der Waals surface area contributed by atoms with Crippen molar-refractivity contribution in [2.75, 3.05) is 0 Å². The standard InChI is InChI=1S/C25H30N2O8/c1-16(2)32-26(34-18(5)28)24(30)22-11-7-20(8-12-22)15-21-9-13-23(14-10-21)25(31)27(33-17(3)4)35-19(6)29/h7-14,16-17H,15H2,1-6H3. The molecule has 0 heterocycles. The predicted molar refractivity (Wildman–Crippen MR) is 124 cm³/mol. The highest BCUT2D eigenvalue weighted by atomic mass is 17.0. The van der Waals surface area contributed by atoms with E-state index in [0.29, 0.717) is 16.9 Å². The summed E-state index contributed by atoms with van der Waals surface area (Å²) in [5.74, 6) is -2.57. The number of hydrogen-bond acceptors (Lipinski definition) is 8. The molecule has 0 saturated carbocycles. The Morgan fingerprint density at radius 1 is 0.629 bits per heavy atom. The summed E-state index contributed by atoms with van der Waals surface area (Å²) in [6.45, 7) is 9.18. The Labute approximate surface area is 204 Å². The van der Waals surface area contributed by atoms with Gasteiger partial charge in [0.15, 0.2) is 0 Å². The molecule has 0 fully saturated rings. The first-order valence-corrected chi connectivity index (χ1v) is 11.0. The van der Waals surface area contributed by atoms with Gasteiger partial charge in [0.05, 0.1) is 12.2 Å². The van der Waals surface area contributed by atoms with Crippen molar-refractivity contribution in [1.82, 2.24) is 10.5 Å². The van der Waals surface area contributed by atoms with Gasteiger partial charge in [-0.05, 0) is 80.0 Å². The van der Waals surface area contributed by atoms with Gasteiger partial charge in [0.25, 0.3) is 0 Å². The maximum atomic E-state index is 12.6. The maximum absolute atomic E-state index is 12.6. The third-order valence-electron chi connectivity index (χ3n) is 4.18. The Bertz CT molecular complexity index is 949. The molecule has 0 aromatic heterocycles. The van der Waals surface area contributed by atoms with Crippen LogP contribution in [0.25, 0.3) is 0 Å². The number of carbonyl (C=O) groups excluding carboxylic acids is 4. The zero-order valence-electron chi connectivity index (χ0n) is 20.6. The lowest BCUT2D eigenvalue weighted by atomic mass is 10.0. The summed E-state index contributed by atoms with van der Waals surface area (Å²) in [5, 5.41) is 1.17. The molecule has 0 aliphatic carbocycles. The second kappa shape index (κ2) is 12.6. The molecule has 0 bridgehead atoms. The monoisotopic (exact) mass is 486 g/mol. The Hall–Kier alpha value is -3.76. The summed E-state index contributed by atoms with van der Waals surface area (Å²) in [7, 11) is 0. The zero-order chi connectivity index (χ0) is 26.1. The lowest BCUT2D eigenvalue weighted by Gasteiger charge is -2.21. The van der Waals surface area contributed by atoms with E-state index in [1.807, 2.05) is 0 Å². The molecule has 2 rings (SSSR count). The largest absolute Gasteiger partial charge is 0.332 e. The minimum atomic E-state index is -0.677. The fraction of sp³-hybridized carbons (Fsp3) is 0.360. The molecule has 2 amide bonds. The van der Waals surface area contributed by atoms with E-state index in [2.05, 4.69) is 0 Å². The molecule has 10 heteroatoms. The minimum Gasteiger partial charge on any atom is -0.312 e. The van der Waals surface area contributed by atoms with Crippen molar-refractivity contribution >= 4 is 23.8 Å². The normalized spacial score (nSPS) is 10.7. The molecule has 0 N–H and O–H groups in total. The molecule has 35 heavy (non-hydrogen) atoms. The second-order valence-electron chi connectivity index (χ2n) is 8.17. The predicted octanol–water partition coefficient (Wildman–Crippen LogP) is 3.80. The summed E-state index contributed by atoms with van der Waals surface area (Å²) in [4.78, 5) is 68.0. The maximum Gasteiger partial charge on any atom is 0.332 e. The number of nitrogens with zero attached hydrogens (tertiary/aromatic N) is 2. The van der Waals surface area contributed by atoms with E-state index in [1.165, 1.54) is 13.8 Å². The number of rotatable bonds is 8. The molecule has 2 aromatic rings. The second-order valence-corrected chi connectivity index (χ2v) is 8.17. The molecule has 0 radical (unpaired) electrons. The summed E-state index contributed by atoms with van der Waals surface area (Å²) < 4.78 is 0. The van der Waals surface area contributed by atoms with Crippen LogP contribution in [0, 0.1) is 0 Å². The van der Waals surface area contributed by atoms with E-state index >= 15 is 0 Å². The average molecular weight is 487 g/mol. The van der Waals surface area contributed by atoms with Gasteiger partial charge in [-0.15, -0.1) is 0 Å². The first-order chi connectivity index (χ1) is 16.5. The molecular weight excluding hydrogens is 456 g/mol. The van der Waals surface area contributed by atoms with E-state index in [-0.39, 0.29) is 23.3 Å². The molecule has 0 aliphatic heterocycles. The highest BCUT2D eigenvalue weighted by Gasteiger charge is 2.23. The topological polar surface area (TPSA) is 112 Å². The van der Waals surface area contributed by atoms with Crippen LogP contribution in [0.3, 0.4) is 0 Å². The Balaban J connectivity index is 2.08. The Morgan fingerprint density at radius 2 is 0.943 bits per heavy atom. The number of amides is 2. The van der Waals surface area contributed by atoms with Crippen LogP contribution >= 0.6 is 0 Å². The highest BCUT2D eigenvalue weighted by Crippen LogP contribution is 2.16. The molecule has 0 spiro atoms.